The van der Waals surface area contributed by atoms with Gasteiger partial charge in [-0.3, -0.25) is 0 Å². The van der Waals surface area contributed by atoms with Gasteiger partial charge in [0.15, 0.2) is 0 Å². The molecule has 3 nitrogen and oxygen atoms in total. The minimum Gasteiger partial charge on any atom is -0.367 e. The smallest absolute Gasteiger partial charge is 0.137 e. The fourth-order valence-electron chi connectivity index (χ4n) is 2.52. The Morgan fingerprint density at radius 1 is 1.17 bits per heavy atom. The normalized spacial score (nSPS) is 12.3. The van der Waals surface area contributed by atoms with E-state index < -0.39 is 0 Å². The molecular formula is C18H17ClFN3. The molecule has 1 unspecified atom stereocenters. The first-order chi connectivity index (χ1) is 11.1. The minimum atomic E-state index is -0.151. The highest BCUT2D eigenvalue weighted by atomic mass is 35.5. The number of halogens is 2. The van der Waals surface area contributed by atoms with Crippen LogP contribution in [0.15, 0.2) is 48.8 Å². The zero-order valence-corrected chi connectivity index (χ0v) is 13.5. The molecule has 2 aromatic carbocycles. The molecular weight excluding hydrogens is 313 g/mol. The van der Waals surface area contributed by atoms with E-state index in [1.54, 1.807) is 6.07 Å². The molecule has 23 heavy (non-hydrogen) atoms. The number of rotatable bonds is 5. The standard InChI is InChI=1S/C18H17ClFN3/c1-12(6-7-13-4-2-3-5-16(13)20)23-18-15-9-8-14(19)10-17(15)21-11-22-18/h2-5,8-12H,6-7H2,1H3,(H,21,22,23). The summed E-state index contributed by atoms with van der Waals surface area (Å²) in [7, 11) is 0. The van der Waals surface area contributed by atoms with Crippen molar-refractivity contribution in [1.29, 1.82) is 0 Å². The van der Waals surface area contributed by atoms with E-state index in [9.17, 15) is 4.39 Å². The summed E-state index contributed by atoms with van der Waals surface area (Å²) in [6.45, 7) is 2.06. The molecule has 0 amide bonds. The Bertz CT molecular complexity index is 822. The monoisotopic (exact) mass is 329 g/mol. The van der Waals surface area contributed by atoms with Crippen LogP contribution < -0.4 is 5.32 Å². The van der Waals surface area contributed by atoms with Crippen LogP contribution in [0.3, 0.4) is 0 Å². The number of aryl methyl sites for hydroxylation is 1. The van der Waals surface area contributed by atoms with Crippen molar-refractivity contribution in [1.82, 2.24) is 9.97 Å². The lowest BCUT2D eigenvalue weighted by molar-refractivity contribution is 0.596. The Labute approximate surface area is 139 Å². The number of fused-ring (bicyclic) bond motifs is 1. The van der Waals surface area contributed by atoms with Gasteiger partial charge in [-0.25, -0.2) is 14.4 Å². The van der Waals surface area contributed by atoms with Gasteiger partial charge in [-0.15, -0.1) is 0 Å². The maximum absolute atomic E-state index is 13.7. The second kappa shape index (κ2) is 6.92. The maximum Gasteiger partial charge on any atom is 0.137 e. The summed E-state index contributed by atoms with van der Waals surface area (Å²) in [5, 5.41) is 4.95. The lowest BCUT2D eigenvalue weighted by Crippen LogP contribution is -2.17. The lowest BCUT2D eigenvalue weighted by Gasteiger charge is -2.16. The number of hydrogen-bond donors (Lipinski definition) is 1. The number of nitrogens with one attached hydrogen (secondary N) is 1. The summed E-state index contributed by atoms with van der Waals surface area (Å²) in [5.41, 5.74) is 1.54. The molecule has 0 saturated heterocycles. The maximum atomic E-state index is 13.7. The summed E-state index contributed by atoms with van der Waals surface area (Å²) in [4.78, 5) is 8.54. The van der Waals surface area contributed by atoms with Crippen molar-refractivity contribution in [3.8, 4) is 0 Å². The van der Waals surface area contributed by atoms with Crippen molar-refractivity contribution in [2.24, 2.45) is 0 Å². The van der Waals surface area contributed by atoms with Gasteiger partial charge in [0, 0.05) is 16.5 Å². The molecule has 1 atom stereocenters. The van der Waals surface area contributed by atoms with Gasteiger partial charge in [0.2, 0.25) is 0 Å². The zero-order valence-electron chi connectivity index (χ0n) is 12.8. The van der Waals surface area contributed by atoms with Crippen LogP contribution in [0.2, 0.25) is 5.02 Å². The van der Waals surface area contributed by atoms with E-state index in [1.165, 1.54) is 12.4 Å². The van der Waals surface area contributed by atoms with Gasteiger partial charge in [-0.05, 0) is 49.6 Å². The molecule has 0 fully saturated rings. The first-order valence-corrected chi connectivity index (χ1v) is 7.91. The average Bonchev–Trinajstić information content (AvgIpc) is 2.54. The van der Waals surface area contributed by atoms with E-state index in [0.717, 1.165) is 28.7 Å². The van der Waals surface area contributed by atoms with E-state index in [2.05, 4.69) is 22.2 Å². The number of hydrogen-bond acceptors (Lipinski definition) is 3. The van der Waals surface area contributed by atoms with Gasteiger partial charge < -0.3 is 5.32 Å². The number of aromatic nitrogens is 2. The molecule has 0 aliphatic carbocycles. The Morgan fingerprint density at radius 3 is 2.83 bits per heavy atom. The van der Waals surface area contributed by atoms with Gasteiger partial charge in [-0.1, -0.05) is 29.8 Å². The lowest BCUT2D eigenvalue weighted by atomic mass is 10.1. The first-order valence-electron chi connectivity index (χ1n) is 7.53. The topological polar surface area (TPSA) is 37.8 Å². The van der Waals surface area contributed by atoms with E-state index in [4.69, 9.17) is 11.6 Å². The van der Waals surface area contributed by atoms with Gasteiger partial charge in [0.05, 0.1) is 5.52 Å². The van der Waals surface area contributed by atoms with Gasteiger partial charge in [-0.2, -0.15) is 0 Å². The predicted octanol–water partition coefficient (Wildman–Crippen LogP) is 4.86. The van der Waals surface area contributed by atoms with Crippen molar-refractivity contribution >= 4 is 28.3 Å². The van der Waals surface area contributed by atoms with Crippen LogP contribution in [0.4, 0.5) is 10.2 Å². The highest BCUT2D eigenvalue weighted by molar-refractivity contribution is 6.31. The zero-order chi connectivity index (χ0) is 16.2. The molecule has 0 aliphatic heterocycles. The number of anilines is 1. The Balaban J connectivity index is 1.71. The summed E-state index contributed by atoms with van der Waals surface area (Å²) in [6, 6.07) is 12.6. The van der Waals surface area contributed by atoms with Crippen LogP contribution in [-0.2, 0) is 6.42 Å². The summed E-state index contributed by atoms with van der Waals surface area (Å²) in [5.74, 6) is 0.620. The van der Waals surface area contributed by atoms with Crippen molar-refractivity contribution in [2.75, 3.05) is 5.32 Å². The van der Waals surface area contributed by atoms with E-state index >= 15 is 0 Å². The van der Waals surface area contributed by atoms with Gasteiger partial charge >= 0.3 is 0 Å². The SMILES string of the molecule is CC(CCc1ccccc1F)Nc1ncnc2cc(Cl)ccc12. The van der Waals surface area contributed by atoms with Crippen LogP contribution >= 0.6 is 11.6 Å². The summed E-state index contributed by atoms with van der Waals surface area (Å²) in [6.07, 6.45) is 3.00. The fourth-order valence-corrected chi connectivity index (χ4v) is 2.69. The van der Waals surface area contributed by atoms with E-state index in [-0.39, 0.29) is 11.9 Å². The highest BCUT2D eigenvalue weighted by Crippen LogP contribution is 2.23. The third kappa shape index (κ3) is 3.77. The van der Waals surface area contributed by atoms with Crippen LogP contribution in [0.25, 0.3) is 10.9 Å². The second-order valence-corrected chi connectivity index (χ2v) is 6.00. The summed E-state index contributed by atoms with van der Waals surface area (Å²) >= 11 is 5.99. The van der Waals surface area contributed by atoms with Crippen LogP contribution in [-0.4, -0.2) is 16.0 Å². The molecule has 0 radical (unpaired) electrons. The minimum absolute atomic E-state index is 0.151. The Hall–Kier alpha value is -2.20. The molecule has 0 saturated carbocycles. The van der Waals surface area contributed by atoms with Crippen LogP contribution in [0.1, 0.15) is 18.9 Å². The molecule has 3 rings (SSSR count). The third-order valence-corrected chi connectivity index (χ3v) is 4.02. The van der Waals surface area contributed by atoms with Crippen molar-refractivity contribution in [2.45, 2.75) is 25.8 Å². The molecule has 1 N–H and O–H groups in total. The largest absolute Gasteiger partial charge is 0.367 e. The number of benzene rings is 2. The molecule has 118 valence electrons. The number of nitrogens with zero attached hydrogens (tertiary/aromatic N) is 2. The quantitative estimate of drug-likeness (QED) is 0.726. The Kier molecular flexibility index (Phi) is 4.72. The van der Waals surface area contributed by atoms with E-state index in [0.29, 0.717) is 11.4 Å². The Morgan fingerprint density at radius 2 is 2.00 bits per heavy atom. The first kappa shape index (κ1) is 15.7. The van der Waals surface area contributed by atoms with Gasteiger partial charge in [0.1, 0.15) is 18.0 Å². The molecule has 0 aliphatic rings. The molecule has 1 aromatic heterocycles. The molecule has 3 aromatic rings. The van der Waals surface area contributed by atoms with E-state index in [1.807, 2.05) is 30.3 Å². The second-order valence-electron chi connectivity index (χ2n) is 5.56. The van der Waals surface area contributed by atoms with Gasteiger partial charge in [0.25, 0.3) is 0 Å². The van der Waals surface area contributed by atoms with Crippen LogP contribution in [0.5, 0.6) is 0 Å². The van der Waals surface area contributed by atoms with Crippen molar-refractivity contribution in [3.05, 3.63) is 65.2 Å². The third-order valence-electron chi connectivity index (χ3n) is 3.79. The summed E-state index contributed by atoms with van der Waals surface area (Å²) < 4.78 is 13.7. The highest BCUT2D eigenvalue weighted by Gasteiger charge is 2.09. The van der Waals surface area contributed by atoms with Crippen LogP contribution in [0, 0.1) is 5.82 Å². The molecule has 1 heterocycles. The fraction of sp³-hybridized carbons (Fsp3) is 0.222. The molecule has 5 heteroatoms. The average molecular weight is 330 g/mol. The van der Waals surface area contributed by atoms with Crippen molar-refractivity contribution in [3.63, 3.8) is 0 Å². The molecule has 0 bridgehead atoms. The molecule has 0 spiro atoms. The predicted molar refractivity (Wildman–Crippen MR) is 92.4 cm³/mol. The van der Waals surface area contributed by atoms with Crippen molar-refractivity contribution < 1.29 is 4.39 Å².